The summed E-state index contributed by atoms with van der Waals surface area (Å²) in [5.41, 5.74) is 3.06. The van der Waals surface area contributed by atoms with E-state index in [0.29, 0.717) is 23.3 Å². The molecule has 0 atom stereocenters. The Kier molecular flexibility index (Phi) is 7.69. The molecule has 1 N–H and O–H groups in total. The number of hydrogen-bond acceptors (Lipinski definition) is 3. The molecule has 28 heavy (non-hydrogen) atoms. The van der Waals surface area contributed by atoms with Crippen molar-refractivity contribution in [2.45, 2.75) is 33.1 Å². The van der Waals surface area contributed by atoms with Gasteiger partial charge in [0.1, 0.15) is 11.6 Å². The predicted octanol–water partition coefficient (Wildman–Crippen LogP) is 4.97. The first-order chi connectivity index (χ1) is 13.3. The van der Waals surface area contributed by atoms with Gasteiger partial charge in [0.05, 0.1) is 6.42 Å². The first-order valence-electron chi connectivity index (χ1n) is 8.96. The minimum atomic E-state index is -1.03. The number of aliphatic carboxylic acids is 1. The van der Waals surface area contributed by atoms with Gasteiger partial charge in [-0.1, -0.05) is 35.9 Å². The smallest absolute Gasteiger partial charge is 0.328 e. The van der Waals surface area contributed by atoms with Crippen molar-refractivity contribution in [2.75, 3.05) is 0 Å². The molecule has 0 aliphatic heterocycles. The molecule has 2 aromatic carbocycles. The Balaban J connectivity index is 2.13. The maximum absolute atomic E-state index is 13.7. The summed E-state index contributed by atoms with van der Waals surface area (Å²) >= 11 is 0. The Hall–Kier alpha value is -3.21. The van der Waals surface area contributed by atoms with E-state index in [0.717, 1.165) is 17.2 Å². The molecular weight excluding hydrogens is 359 g/mol. The van der Waals surface area contributed by atoms with Crippen molar-refractivity contribution in [3.8, 4) is 5.75 Å². The van der Waals surface area contributed by atoms with Gasteiger partial charge in [-0.3, -0.25) is 4.79 Å². The number of aryl methyl sites for hydroxylation is 1. The molecule has 146 valence electrons. The van der Waals surface area contributed by atoms with E-state index < -0.39 is 11.9 Å². The monoisotopic (exact) mass is 382 g/mol. The van der Waals surface area contributed by atoms with Gasteiger partial charge in [-0.25, -0.2) is 9.18 Å². The van der Waals surface area contributed by atoms with Crippen LogP contribution in [0.15, 0.2) is 60.2 Å². The number of carboxylic acids is 1. The summed E-state index contributed by atoms with van der Waals surface area (Å²) < 4.78 is 19.2. The highest BCUT2D eigenvalue weighted by Gasteiger charge is 2.11. The molecule has 0 saturated carbocycles. The number of carbonyl (C=O) groups is 2. The number of hydrogen-bond donors (Lipinski definition) is 1. The van der Waals surface area contributed by atoms with Crippen molar-refractivity contribution < 1.29 is 23.8 Å². The van der Waals surface area contributed by atoms with E-state index in [1.165, 1.54) is 12.1 Å². The van der Waals surface area contributed by atoms with Gasteiger partial charge in [-0.15, -0.1) is 0 Å². The van der Waals surface area contributed by atoms with Gasteiger partial charge in [0.15, 0.2) is 0 Å². The van der Waals surface area contributed by atoms with Crippen molar-refractivity contribution in [3.63, 3.8) is 0 Å². The van der Waals surface area contributed by atoms with Gasteiger partial charge < -0.3 is 9.84 Å². The molecule has 0 aliphatic rings. The number of ether oxygens (including phenoxy) is 1. The van der Waals surface area contributed by atoms with Gasteiger partial charge >= 0.3 is 11.9 Å². The zero-order valence-electron chi connectivity index (χ0n) is 15.9. The van der Waals surface area contributed by atoms with Crippen LogP contribution in [-0.2, 0) is 22.4 Å². The summed E-state index contributed by atoms with van der Waals surface area (Å²) in [7, 11) is 0. The zero-order valence-corrected chi connectivity index (χ0v) is 15.9. The fourth-order valence-corrected chi connectivity index (χ4v) is 2.56. The molecule has 0 radical (unpaired) electrons. The van der Waals surface area contributed by atoms with Crippen LogP contribution >= 0.6 is 0 Å². The molecule has 0 spiro atoms. The number of rotatable bonds is 8. The Bertz CT molecular complexity index is 909. The highest BCUT2D eigenvalue weighted by atomic mass is 19.1. The van der Waals surface area contributed by atoms with Crippen LogP contribution in [0.3, 0.4) is 0 Å². The van der Waals surface area contributed by atoms with Crippen molar-refractivity contribution >= 4 is 18.0 Å². The number of allylic oxidation sites excluding steroid dienone is 2. The average Bonchev–Trinajstić information content (AvgIpc) is 2.65. The minimum absolute atomic E-state index is 0.0592. The molecule has 5 heteroatoms. The van der Waals surface area contributed by atoms with Crippen molar-refractivity contribution in [2.24, 2.45) is 0 Å². The van der Waals surface area contributed by atoms with E-state index in [1.54, 1.807) is 36.4 Å². The number of benzene rings is 2. The highest BCUT2D eigenvalue weighted by Crippen LogP contribution is 2.23. The molecule has 0 bridgehead atoms. The average molecular weight is 382 g/mol. The molecule has 0 amide bonds. The van der Waals surface area contributed by atoms with Crippen LogP contribution in [0.25, 0.3) is 6.08 Å². The SMILES string of the molecule is CC(C)=CCc1cc(/C=C/C(=O)O)ccc1OC(=O)CCc1ccccc1F. The van der Waals surface area contributed by atoms with Gasteiger partial charge in [-0.2, -0.15) is 0 Å². The lowest BCUT2D eigenvalue weighted by Crippen LogP contribution is -2.11. The zero-order chi connectivity index (χ0) is 20.5. The summed E-state index contributed by atoms with van der Waals surface area (Å²) in [6.07, 6.45) is 5.40. The van der Waals surface area contributed by atoms with Crippen molar-refractivity contribution in [1.82, 2.24) is 0 Å². The Labute approximate surface area is 164 Å². The first kappa shape index (κ1) is 21.1. The van der Waals surface area contributed by atoms with Crippen molar-refractivity contribution in [1.29, 1.82) is 0 Å². The molecular formula is C23H23FO4. The van der Waals surface area contributed by atoms with Gasteiger partial charge in [0.25, 0.3) is 0 Å². The van der Waals surface area contributed by atoms with E-state index >= 15 is 0 Å². The predicted molar refractivity (Wildman–Crippen MR) is 107 cm³/mol. The molecule has 2 aromatic rings. The lowest BCUT2D eigenvalue weighted by Gasteiger charge is -2.11. The summed E-state index contributed by atoms with van der Waals surface area (Å²) in [5.74, 6) is -1.40. The van der Waals surface area contributed by atoms with Crippen LogP contribution < -0.4 is 4.74 Å². The van der Waals surface area contributed by atoms with Crippen LogP contribution in [0.4, 0.5) is 4.39 Å². The third-order valence-electron chi connectivity index (χ3n) is 4.01. The molecule has 0 heterocycles. The van der Waals surface area contributed by atoms with Gasteiger partial charge in [-0.05, 0) is 67.7 Å². The molecule has 0 unspecified atom stereocenters. The normalized spacial score (nSPS) is 10.7. The second kappa shape index (κ2) is 10.2. The Morgan fingerprint density at radius 2 is 1.86 bits per heavy atom. The minimum Gasteiger partial charge on any atom is -0.478 e. The topological polar surface area (TPSA) is 63.6 Å². The lowest BCUT2D eigenvalue weighted by molar-refractivity contribution is -0.134. The summed E-state index contributed by atoms with van der Waals surface area (Å²) in [6.45, 7) is 3.93. The summed E-state index contributed by atoms with van der Waals surface area (Å²) in [4.78, 5) is 22.9. The van der Waals surface area contributed by atoms with E-state index in [9.17, 15) is 14.0 Å². The Morgan fingerprint density at radius 3 is 2.54 bits per heavy atom. The van der Waals surface area contributed by atoms with E-state index in [4.69, 9.17) is 9.84 Å². The first-order valence-corrected chi connectivity index (χ1v) is 8.96. The van der Waals surface area contributed by atoms with Gasteiger partial charge in [0.2, 0.25) is 0 Å². The van der Waals surface area contributed by atoms with Gasteiger partial charge in [0, 0.05) is 6.08 Å². The quantitative estimate of drug-likeness (QED) is 0.303. The molecule has 0 aliphatic carbocycles. The Morgan fingerprint density at radius 1 is 1.11 bits per heavy atom. The highest BCUT2D eigenvalue weighted by molar-refractivity contribution is 5.85. The molecule has 0 aromatic heterocycles. The number of esters is 1. The molecule has 2 rings (SSSR count). The largest absolute Gasteiger partial charge is 0.478 e. The third-order valence-corrected chi connectivity index (χ3v) is 4.01. The van der Waals surface area contributed by atoms with Crippen LogP contribution in [-0.4, -0.2) is 17.0 Å². The van der Waals surface area contributed by atoms with Crippen LogP contribution in [0.5, 0.6) is 5.75 Å². The fraction of sp³-hybridized carbons (Fsp3) is 0.217. The molecule has 4 nitrogen and oxygen atoms in total. The standard InChI is InChI=1S/C23H23FO4/c1-16(2)7-10-19-15-17(9-13-22(25)26)8-12-21(19)28-23(27)14-11-18-5-3-4-6-20(18)24/h3-9,12-13,15H,10-11,14H2,1-2H3,(H,25,26)/b13-9+. The summed E-state index contributed by atoms with van der Waals surface area (Å²) in [6, 6.07) is 11.5. The van der Waals surface area contributed by atoms with E-state index in [-0.39, 0.29) is 18.7 Å². The summed E-state index contributed by atoms with van der Waals surface area (Å²) in [5, 5.41) is 8.77. The number of halogens is 1. The van der Waals surface area contributed by atoms with Crippen LogP contribution in [0.2, 0.25) is 0 Å². The number of carbonyl (C=O) groups excluding carboxylic acids is 1. The second-order valence-corrected chi connectivity index (χ2v) is 6.59. The molecule has 0 fully saturated rings. The van der Waals surface area contributed by atoms with Crippen molar-refractivity contribution in [3.05, 3.63) is 82.7 Å². The van der Waals surface area contributed by atoms with Crippen LogP contribution in [0, 0.1) is 5.82 Å². The second-order valence-electron chi connectivity index (χ2n) is 6.59. The maximum Gasteiger partial charge on any atom is 0.328 e. The van der Waals surface area contributed by atoms with E-state index in [1.807, 2.05) is 19.9 Å². The lowest BCUT2D eigenvalue weighted by atomic mass is 10.0. The van der Waals surface area contributed by atoms with Crippen LogP contribution in [0.1, 0.15) is 37.0 Å². The third kappa shape index (κ3) is 6.83. The molecule has 0 saturated heterocycles. The van der Waals surface area contributed by atoms with E-state index in [2.05, 4.69) is 0 Å². The fourth-order valence-electron chi connectivity index (χ4n) is 2.56. The maximum atomic E-state index is 13.7. The number of carboxylic acid groups (broad SMARTS) is 1.